The van der Waals surface area contributed by atoms with Crippen molar-refractivity contribution < 1.29 is 5.11 Å². The topological polar surface area (TPSA) is 52.7 Å². The Bertz CT molecular complexity index is 323. The van der Waals surface area contributed by atoms with E-state index in [1.807, 2.05) is 17.5 Å². The molecule has 1 fully saturated rings. The van der Waals surface area contributed by atoms with Crippen molar-refractivity contribution in [3.63, 3.8) is 0 Å². The van der Waals surface area contributed by atoms with Crippen LogP contribution in [-0.4, -0.2) is 60.7 Å². The van der Waals surface area contributed by atoms with Gasteiger partial charge < -0.3 is 15.7 Å². The molecule has 0 aromatic carbocycles. The van der Waals surface area contributed by atoms with E-state index in [4.69, 9.17) is 5.73 Å². The molecule has 1 aliphatic heterocycles. The zero-order chi connectivity index (χ0) is 12.8. The van der Waals surface area contributed by atoms with E-state index in [-0.39, 0.29) is 6.10 Å². The number of hydrogen-bond donors (Lipinski definition) is 2. The Morgan fingerprint density at radius 2 is 2.00 bits per heavy atom. The van der Waals surface area contributed by atoms with Crippen molar-refractivity contribution >= 4 is 11.3 Å². The van der Waals surface area contributed by atoms with Crippen molar-refractivity contribution in [2.24, 2.45) is 5.73 Å². The number of aliphatic hydroxyl groups excluding tert-OH is 1. The summed E-state index contributed by atoms with van der Waals surface area (Å²) in [5.41, 5.74) is 5.52. The van der Waals surface area contributed by atoms with Gasteiger partial charge in [0.15, 0.2) is 0 Å². The van der Waals surface area contributed by atoms with Gasteiger partial charge >= 0.3 is 0 Å². The van der Waals surface area contributed by atoms with Crippen molar-refractivity contribution in [2.75, 3.05) is 45.8 Å². The Labute approximate surface area is 113 Å². The Morgan fingerprint density at radius 1 is 1.28 bits per heavy atom. The number of piperazine rings is 1. The summed E-state index contributed by atoms with van der Waals surface area (Å²) in [5, 5.41) is 12.1. The number of hydrogen-bond acceptors (Lipinski definition) is 5. The minimum absolute atomic E-state index is 0.333. The molecular weight excluding hydrogens is 246 g/mol. The van der Waals surface area contributed by atoms with Crippen molar-refractivity contribution in [1.29, 1.82) is 0 Å². The molecule has 1 aromatic rings. The van der Waals surface area contributed by atoms with Gasteiger partial charge in [-0.25, -0.2) is 0 Å². The van der Waals surface area contributed by atoms with E-state index in [1.165, 1.54) is 0 Å². The number of nitrogens with two attached hydrogens (primary N) is 1. The van der Waals surface area contributed by atoms with Crippen LogP contribution >= 0.6 is 11.3 Å². The molecule has 2 heterocycles. The second kappa shape index (κ2) is 7.21. The minimum atomic E-state index is -0.333. The molecule has 1 atom stereocenters. The third-order valence-electron chi connectivity index (χ3n) is 3.45. The van der Waals surface area contributed by atoms with Gasteiger partial charge in [-0.3, -0.25) is 4.90 Å². The van der Waals surface area contributed by atoms with Gasteiger partial charge in [0.1, 0.15) is 6.10 Å². The van der Waals surface area contributed by atoms with Crippen molar-refractivity contribution in [1.82, 2.24) is 9.80 Å². The van der Waals surface area contributed by atoms with Gasteiger partial charge in [0.25, 0.3) is 0 Å². The molecule has 18 heavy (non-hydrogen) atoms. The molecule has 3 N–H and O–H groups in total. The predicted octanol–water partition coefficient (Wildman–Crippen LogP) is 0.748. The number of thiophene rings is 1. The zero-order valence-electron chi connectivity index (χ0n) is 10.8. The Hall–Kier alpha value is -0.460. The molecule has 102 valence electrons. The van der Waals surface area contributed by atoms with Crippen LogP contribution in [0.15, 0.2) is 17.5 Å². The van der Waals surface area contributed by atoms with Crippen molar-refractivity contribution in [3.05, 3.63) is 22.4 Å². The quantitative estimate of drug-likeness (QED) is 0.800. The van der Waals surface area contributed by atoms with Gasteiger partial charge in [0.2, 0.25) is 0 Å². The molecular formula is C13H23N3OS. The normalized spacial score (nSPS) is 20.1. The van der Waals surface area contributed by atoms with Crippen molar-refractivity contribution in [2.45, 2.75) is 12.5 Å². The summed E-state index contributed by atoms with van der Waals surface area (Å²) in [4.78, 5) is 5.88. The van der Waals surface area contributed by atoms with E-state index in [0.29, 0.717) is 0 Å². The van der Waals surface area contributed by atoms with Gasteiger partial charge in [-0.1, -0.05) is 6.07 Å². The molecule has 1 unspecified atom stereocenters. The van der Waals surface area contributed by atoms with Gasteiger partial charge in [-0.2, -0.15) is 0 Å². The third-order valence-corrected chi connectivity index (χ3v) is 4.42. The van der Waals surface area contributed by atoms with Gasteiger partial charge in [-0.15, -0.1) is 11.3 Å². The molecule has 0 spiro atoms. The molecule has 1 aliphatic rings. The third kappa shape index (κ3) is 4.03. The van der Waals surface area contributed by atoms with Crippen LogP contribution < -0.4 is 5.73 Å². The maximum absolute atomic E-state index is 10.1. The number of nitrogens with zero attached hydrogens (tertiary/aromatic N) is 2. The van der Waals surface area contributed by atoms with E-state index in [2.05, 4.69) is 9.80 Å². The van der Waals surface area contributed by atoms with E-state index < -0.39 is 0 Å². The van der Waals surface area contributed by atoms with Gasteiger partial charge in [-0.05, 0) is 31.0 Å². The van der Waals surface area contributed by atoms with E-state index in [1.54, 1.807) is 11.3 Å². The molecule has 1 saturated heterocycles. The SMILES string of the molecule is NCCCN1CCN(CC(O)c2cccs2)CC1. The monoisotopic (exact) mass is 269 g/mol. The average Bonchev–Trinajstić information content (AvgIpc) is 2.92. The van der Waals surface area contributed by atoms with Gasteiger partial charge in [0, 0.05) is 37.6 Å². The van der Waals surface area contributed by atoms with Gasteiger partial charge in [0.05, 0.1) is 0 Å². The summed E-state index contributed by atoms with van der Waals surface area (Å²) < 4.78 is 0. The lowest BCUT2D eigenvalue weighted by Crippen LogP contribution is -2.47. The maximum Gasteiger partial charge on any atom is 0.101 e. The zero-order valence-corrected chi connectivity index (χ0v) is 11.6. The highest BCUT2D eigenvalue weighted by atomic mass is 32.1. The van der Waals surface area contributed by atoms with Crippen LogP contribution in [0.25, 0.3) is 0 Å². The standard InChI is InChI=1S/C13H23N3OS/c14-4-2-5-15-6-8-16(9-7-15)11-12(17)13-3-1-10-18-13/h1,3,10,12,17H,2,4-9,11,14H2. The first-order chi connectivity index (χ1) is 8.79. The summed E-state index contributed by atoms with van der Waals surface area (Å²) in [6, 6.07) is 4.00. The molecule has 5 heteroatoms. The van der Waals surface area contributed by atoms with Crippen LogP contribution in [0.1, 0.15) is 17.4 Å². The van der Waals surface area contributed by atoms with Crippen molar-refractivity contribution in [3.8, 4) is 0 Å². The summed E-state index contributed by atoms with van der Waals surface area (Å²) in [6.07, 6.45) is 0.748. The number of aliphatic hydroxyl groups is 1. The lowest BCUT2D eigenvalue weighted by Gasteiger charge is -2.35. The lowest BCUT2D eigenvalue weighted by atomic mass is 10.2. The highest BCUT2D eigenvalue weighted by Crippen LogP contribution is 2.20. The molecule has 0 aliphatic carbocycles. The smallest absolute Gasteiger partial charge is 0.101 e. The second-order valence-corrected chi connectivity index (χ2v) is 5.79. The summed E-state index contributed by atoms with van der Waals surface area (Å²) >= 11 is 1.63. The molecule has 0 amide bonds. The van der Waals surface area contributed by atoms with Crippen LogP contribution in [-0.2, 0) is 0 Å². The van der Waals surface area contributed by atoms with E-state index in [9.17, 15) is 5.11 Å². The molecule has 0 radical (unpaired) electrons. The van der Waals surface area contributed by atoms with Crippen LogP contribution in [0, 0.1) is 0 Å². The summed E-state index contributed by atoms with van der Waals surface area (Å²) in [7, 11) is 0. The average molecular weight is 269 g/mol. The van der Waals surface area contributed by atoms with E-state index in [0.717, 1.165) is 57.1 Å². The Morgan fingerprint density at radius 3 is 2.61 bits per heavy atom. The first-order valence-electron chi connectivity index (χ1n) is 6.66. The highest BCUT2D eigenvalue weighted by molar-refractivity contribution is 7.10. The van der Waals surface area contributed by atoms with Crippen LogP contribution in [0.2, 0.25) is 0 Å². The molecule has 0 bridgehead atoms. The molecule has 0 saturated carbocycles. The fourth-order valence-electron chi connectivity index (χ4n) is 2.33. The number of rotatable bonds is 6. The molecule has 1 aromatic heterocycles. The number of β-amino-alcohol motifs (C(OH)–C–C–N with tert-alkyl or cyclic N) is 1. The van der Waals surface area contributed by atoms with Crippen LogP contribution in [0.5, 0.6) is 0 Å². The highest BCUT2D eigenvalue weighted by Gasteiger charge is 2.19. The van der Waals surface area contributed by atoms with Crippen LogP contribution in [0.3, 0.4) is 0 Å². The Balaban J connectivity index is 1.70. The molecule has 2 rings (SSSR count). The fraction of sp³-hybridized carbons (Fsp3) is 0.692. The summed E-state index contributed by atoms with van der Waals surface area (Å²) in [6.45, 7) is 6.93. The summed E-state index contributed by atoms with van der Waals surface area (Å²) in [5.74, 6) is 0. The predicted molar refractivity (Wildman–Crippen MR) is 75.8 cm³/mol. The minimum Gasteiger partial charge on any atom is -0.386 e. The van der Waals surface area contributed by atoms with E-state index >= 15 is 0 Å². The first-order valence-corrected chi connectivity index (χ1v) is 7.54. The lowest BCUT2D eigenvalue weighted by molar-refractivity contribution is 0.0740. The second-order valence-electron chi connectivity index (χ2n) is 4.82. The first kappa shape index (κ1) is 14.0. The largest absolute Gasteiger partial charge is 0.386 e. The molecule has 4 nitrogen and oxygen atoms in total. The fourth-order valence-corrected chi connectivity index (χ4v) is 3.03. The maximum atomic E-state index is 10.1. The van der Waals surface area contributed by atoms with Crippen LogP contribution in [0.4, 0.5) is 0 Å². The Kier molecular flexibility index (Phi) is 5.59.